The van der Waals surface area contributed by atoms with Crippen LogP contribution in [0.4, 0.5) is 5.82 Å². The zero-order valence-corrected chi connectivity index (χ0v) is 41.5. The third-order valence-corrected chi connectivity index (χ3v) is 14.7. The molecule has 0 spiro atoms. The molecule has 18 heteroatoms. The minimum absolute atomic E-state index is 0.0254. The number of benzene rings is 3. The summed E-state index contributed by atoms with van der Waals surface area (Å²) in [6.45, 7) is 15.5. The number of para-hydroxylation sites is 1. The first-order chi connectivity index (χ1) is 34.3. The number of thiazole rings is 1. The van der Waals surface area contributed by atoms with Crippen LogP contribution in [0.2, 0.25) is 0 Å². The number of piperazine rings is 1. The number of nitrogens with one attached hydrogen (secondary N) is 1. The number of anilines is 1. The Bertz CT molecular complexity index is 2930. The van der Waals surface area contributed by atoms with Crippen LogP contribution in [0.25, 0.3) is 32.8 Å². The Hall–Kier alpha value is -6.99. The number of ether oxygens (including phenoxy) is 1. The molecule has 2 fully saturated rings. The monoisotopic (exact) mass is 979 g/mol. The molecule has 0 bridgehead atoms. The van der Waals surface area contributed by atoms with E-state index in [1.54, 1.807) is 41.8 Å². The van der Waals surface area contributed by atoms with Crippen molar-refractivity contribution >= 4 is 29.0 Å². The van der Waals surface area contributed by atoms with Gasteiger partial charge in [0, 0.05) is 81.2 Å². The van der Waals surface area contributed by atoms with Gasteiger partial charge in [0.15, 0.2) is 11.6 Å². The summed E-state index contributed by atoms with van der Waals surface area (Å²) < 4.78 is 13.7. The van der Waals surface area contributed by atoms with E-state index >= 15 is 0 Å². The maximum Gasteiger partial charge on any atom is 0.254 e. The van der Waals surface area contributed by atoms with Crippen molar-refractivity contribution in [2.75, 3.05) is 51.6 Å². The fraction of sp³-hybridized carbons (Fsp3) is 0.377. The van der Waals surface area contributed by atoms with E-state index in [1.807, 2.05) is 80.5 Å². The molecule has 2 aliphatic heterocycles. The molecule has 17 nitrogen and oxygen atoms in total. The fourth-order valence-electron chi connectivity index (χ4n) is 9.51. The number of nitrogens with two attached hydrogens (primary N) is 1. The second kappa shape index (κ2) is 21.6. The van der Waals surface area contributed by atoms with Crippen LogP contribution < -0.4 is 15.8 Å². The maximum atomic E-state index is 14.2. The van der Waals surface area contributed by atoms with Gasteiger partial charge < -0.3 is 35.4 Å². The molecule has 7 aromatic rings. The number of phenolic OH excluding ortho intramolecular Hbond substituents is 1. The summed E-state index contributed by atoms with van der Waals surface area (Å²) >= 11 is 1.59. The van der Waals surface area contributed by atoms with Gasteiger partial charge in [-0.15, -0.1) is 21.5 Å². The lowest BCUT2D eigenvalue weighted by Gasteiger charge is -2.34. The summed E-state index contributed by atoms with van der Waals surface area (Å²) in [7, 11) is 0. The standard InChI is InChI=1S/C53H61N11O6S/c1-32(2)49(53(68)63-30-41(65)24-45(63)52(67)57-33(3)37-14-16-39(17-15-37)50-34(4)55-31-71-50)47-26-48(60-70-47)69-23-22-61-18-20-62(21-19-61)28-36-10-12-38(13-11-36)35(5)64-29-40(27-56-64)43-25-44(58-59-51(43)54)42-8-6-7-9-46(42)66/h6-17,25-27,29,31-33,35,41,45,49,65-66H,18-24,28,30H2,1-5H3,(H2,54,59)(H,57,67)/t33?,35?,41-,45+,49-/m1/s1. The van der Waals surface area contributed by atoms with Gasteiger partial charge in [-0.25, -0.2) is 4.98 Å². The molecular weight excluding hydrogens is 919 g/mol. The SMILES string of the molecule is Cc1ncsc1-c1ccc(C(C)NC(=O)[C@@H]2C[C@@H](O)CN2C(=O)[C@@H](c2cc(OCCN3CCN(Cc4ccc(C(C)n5cc(-c6cc(-c7ccccc7O)nnc6N)cn5)cc4)CC3)no2)C(C)C)cc1. The number of nitrogens with zero attached hydrogens (tertiary/aromatic N) is 9. The van der Waals surface area contributed by atoms with E-state index in [2.05, 4.69) is 71.7 Å². The van der Waals surface area contributed by atoms with E-state index in [0.717, 1.165) is 65.5 Å². The van der Waals surface area contributed by atoms with Gasteiger partial charge in [-0.2, -0.15) is 5.10 Å². The molecule has 4 aromatic heterocycles. The first kappa shape index (κ1) is 49.0. The highest BCUT2D eigenvalue weighted by Crippen LogP contribution is 2.35. The summed E-state index contributed by atoms with van der Waals surface area (Å²) in [6, 6.07) is 26.0. The Morgan fingerprint density at radius 3 is 2.37 bits per heavy atom. The number of carbonyl (C=O) groups is 2. The first-order valence-electron chi connectivity index (χ1n) is 24.2. The molecular formula is C53H61N11O6S. The smallest absolute Gasteiger partial charge is 0.254 e. The second-order valence-electron chi connectivity index (χ2n) is 18.9. The molecule has 6 heterocycles. The number of aliphatic hydroxyl groups excluding tert-OH is 1. The lowest BCUT2D eigenvalue weighted by Crippen LogP contribution is -2.48. The minimum Gasteiger partial charge on any atom is -0.507 e. The number of aliphatic hydroxyl groups is 1. The van der Waals surface area contributed by atoms with E-state index < -0.39 is 18.1 Å². The number of aromatic nitrogens is 6. The van der Waals surface area contributed by atoms with Gasteiger partial charge in [-0.3, -0.25) is 24.1 Å². The predicted molar refractivity (Wildman–Crippen MR) is 271 cm³/mol. The number of aryl methyl sites for hydroxylation is 1. The van der Waals surface area contributed by atoms with Crippen molar-refractivity contribution in [2.45, 2.75) is 77.7 Å². The number of hydrogen-bond acceptors (Lipinski definition) is 15. The fourth-order valence-corrected chi connectivity index (χ4v) is 10.3. The zero-order valence-electron chi connectivity index (χ0n) is 40.7. The molecule has 2 unspecified atom stereocenters. The van der Waals surface area contributed by atoms with E-state index in [0.29, 0.717) is 41.6 Å². The van der Waals surface area contributed by atoms with E-state index in [4.69, 9.17) is 15.0 Å². The largest absolute Gasteiger partial charge is 0.507 e. The van der Waals surface area contributed by atoms with Gasteiger partial charge >= 0.3 is 0 Å². The van der Waals surface area contributed by atoms with Crippen molar-refractivity contribution in [3.05, 3.63) is 131 Å². The number of aromatic hydroxyl groups is 1. The van der Waals surface area contributed by atoms with Gasteiger partial charge in [0.1, 0.15) is 24.3 Å². The van der Waals surface area contributed by atoms with Crippen LogP contribution in [0, 0.1) is 12.8 Å². The van der Waals surface area contributed by atoms with E-state index in [9.17, 15) is 19.8 Å². The number of rotatable bonds is 17. The van der Waals surface area contributed by atoms with Crippen LogP contribution in [0.1, 0.15) is 80.3 Å². The van der Waals surface area contributed by atoms with Crippen molar-refractivity contribution in [1.82, 2.24) is 50.1 Å². The van der Waals surface area contributed by atoms with Gasteiger partial charge in [0.2, 0.25) is 11.8 Å². The Kier molecular flexibility index (Phi) is 14.9. The number of phenols is 1. The van der Waals surface area contributed by atoms with Crippen molar-refractivity contribution in [3.63, 3.8) is 0 Å². The lowest BCUT2D eigenvalue weighted by molar-refractivity contribution is -0.141. The van der Waals surface area contributed by atoms with Crippen molar-refractivity contribution in [1.29, 1.82) is 0 Å². The van der Waals surface area contributed by atoms with Crippen LogP contribution in [-0.2, 0) is 16.1 Å². The number of likely N-dealkylation sites (tertiary alicyclic amines) is 1. The number of β-amino-alcohol motifs (C(OH)–C–C–N with tert-alkyl or cyclic N) is 1. The molecule has 71 heavy (non-hydrogen) atoms. The van der Waals surface area contributed by atoms with Gasteiger partial charge in [-0.1, -0.05) is 74.5 Å². The average Bonchev–Trinajstić information content (AvgIpc) is 4.21. The highest BCUT2D eigenvalue weighted by atomic mass is 32.1. The maximum absolute atomic E-state index is 14.2. The molecule has 5 N–H and O–H groups in total. The summed E-state index contributed by atoms with van der Waals surface area (Å²) in [5.41, 5.74) is 16.0. The highest BCUT2D eigenvalue weighted by molar-refractivity contribution is 7.13. The predicted octanol–water partition coefficient (Wildman–Crippen LogP) is 7.10. The van der Waals surface area contributed by atoms with Crippen LogP contribution >= 0.6 is 11.3 Å². The molecule has 5 atom stereocenters. The molecule has 3 aromatic carbocycles. The summed E-state index contributed by atoms with van der Waals surface area (Å²) in [6.07, 6.45) is 3.05. The molecule has 0 aliphatic carbocycles. The Labute approximate surface area is 417 Å². The Morgan fingerprint density at radius 1 is 0.915 bits per heavy atom. The quantitative estimate of drug-likeness (QED) is 0.0717. The van der Waals surface area contributed by atoms with Crippen molar-refractivity contribution in [3.8, 4) is 44.5 Å². The number of amides is 2. The van der Waals surface area contributed by atoms with E-state index in [-0.39, 0.29) is 54.3 Å². The number of nitrogen functional groups attached to an aromatic ring is 1. The molecule has 0 radical (unpaired) electrons. The number of carbonyl (C=O) groups excluding carboxylic acids is 2. The third kappa shape index (κ3) is 11.2. The molecule has 9 rings (SSSR count). The molecule has 2 amide bonds. The summed E-state index contributed by atoms with van der Waals surface area (Å²) in [5.74, 6) is -0.430. The van der Waals surface area contributed by atoms with Gasteiger partial charge in [0.25, 0.3) is 5.88 Å². The average molecular weight is 980 g/mol. The molecule has 2 aliphatic rings. The van der Waals surface area contributed by atoms with Crippen LogP contribution in [0.15, 0.2) is 107 Å². The Morgan fingerprint density at radius 2 is 1.65 bits per heavy atom. The number of hydrogen-bond donors (Lipinski definition) is 4. The van der Waals surface area contributed by atoms with Gasteiger partial charge in [0.05, 0.1) is 46.2 Å². The zero-order chi connectivity index (χ0) is 49.8. The van der Waals surface area contributed by atoms with Crippen molar-refractivity contribution in [2.24, 2.45) is 5.92 Å². The van der Waals surface area contributed by atoms with Crippen molar-refractivity contribution < 1.29 is 29.1 Å². The van der Waals surface area contributed by atoms with Crippen LogP contribution in [-0.4, -0.2) is 125 Å². The molecule has 2 saturated heterocycles. The second-order valence-corrected chi connectivity index (χ2v) is 19.8. The first-order valence-corrected chi connectivity index (χ1v) is 25.1. The van der Waals surface area contributed by atoms with E-state index in [1.165, 1.54) is 10.5 Å². The molecule has 0 saturated carbocycles. The third-order valence-electron chi connectivity index (χ3n) is 13.7. The topological polar surface area (TPSA) is 214 Å². The minimum atomic E-state index is -0.829. The molecule has 370 valence electrons. The van der Waals surface area contributed by atoms with Gasteiger partial charge in [-0.05, 0) is 72.3 Å². The summed E-state index contributed by atoms with van der Waals surface area (Å²) in [4.78, 5) is 39.7. The van der Waals surface area contributed by atoms with Crippen LogP contribution in [0.5, 0.6) is 11.6 Å². The lowest BCUT2D eigenvalue weighted by atomic mass is 9.91. The highest BCUT2D eigenvalue weighted by Gasteiger charge is 2.43. The Balaban J connectivity index is 0.725. The van der Waals surface area contributed by atoms with Crippen LogP contribution in [0.3, 0.4) is 0 Å². The normalized spacial score (nSPS) is 17.9. The summed E-state index contributed by atoms with van der Waals surface area (Å²) in [5, 5.41) is 41.3.